The minimum atomic E-state index is 0.0761. The third kappa shape index (κ3) is 2.79. The lowest BCUT2D eigenvalue weighted by atomic mass is 10.1. The maximum atomic E-state index is 5.56. The van der Waals surface area contributed by atoms with Crippen LogP contribution in [0.5, 0.6) is 0 Å². The summed E-state index contributed by atoms with van der Waals surface area (Å²) in [6.45, 7) is 1.23. The minimum absolute atomic E-state index is 0.0761. The van der Waals surface area contributed by atoms with E-state index >= 15 is 0 Å². The van der Waals surface area contributed by atoms with Gasteiger partial charge in [-0.3, -0.25) is 4.99 Å². The van der Waals surface area contributed by atoms with Crippen LogP contribution >= 0.6 is 15.9 Å². The zero-order chi connectivity index (χ0) is 10.7. The molecule has 3 nitrogen and oxygen atoms in total. The van der Waals surface area contributed by atoms with Gasteiger partial charge in [-0.2, -0.15) is 0 Å². The highest BCUT2D eigenvalue weighted by Crippen LogP contribution is 2.14. The van der Waals surface area contributed by atoms with Crippen molar-refractivity contribution < 1.29 is 4.74 Å². The third-order valence-corrected chi connectivity index (χ3v) is 2.77. The van der Waals surface area contributed by atoms with Crippen LogP contribution in [-0.4, -0.2) is 25.1 Å². The summed E-state index contributed by atoms with van der Waals surface area (Å²) in [6.07, 6.45) is 0.822. The Bertz CT molecular complexity index is 379. The lowest BCUT2D eigenvalue weighted by Gasteiger charge is -2.08. The summed E-state index contributed by atoms with van der Waals surface area (Å²) < 4.78 is 6.64. The largest absolute Gasteiger partial charge is 0.474 e. The Kier molecular flexibility index (Phi) is 3.38. The van der Waals surface area contributed by atoms with E-state index in [1.165, 1.54) is 5.56 Å². The van der Waals surface area contributed by atoms with Crippen LogP contribution in [0.25, 0.3) is 0 Å². The fraction of sp³-hybridized carbons (Fsp3) is 0.364. The summed E-state index contributed by atoms with van der Waals surface area (Å²) in [5.74, 6) is 0.795. The average molecular weight is 269 g/mol. The Balaban J connectivity index is 1.98. The van der Waals surface area contributed by atoms with Gasteiger partial charge in [0.15, 0.2) is 5.90 Å². The monoisotopic (exact) mass is 268 g/mol. The molecule has 0 spiro atoms. The van der Waals surface area contributed by atoms with Crippen LogP contribution in [0.1, 0.15) is 5.56 Å². The maximum Gasteiger partial charge on any atom is 0.188 e. The highest BCUT2D eigenvalue weighted by Gasteiger charge is 2.17. The van der Waals surface area contributed by atoms with E-state index in [4.69, 9.17) is 10.5 Å². The molecule has 1 heterocycles. The summed E-state index contributed by atoms with van der Waals surface area (Å²) in [5, 5.41) is 0. The van der Waals surface area contributed by atoms with E-state index in [0.29, 0.717) is 13.1 Å². The van der Waals surface area contributed by atoms with Gasteiger partial charge in [0.2, 0.25) is 0 Å². The van der Waals surface area contributed by atoms with Gasteiger partial charge in [0, 0.05) is 17.4 Å². The lowest BCUT2D eigenvalue weighted by Crippen LogP contribution is -2.24. The van der Waals surface area contributed by atoms with Gasteiger partial charge >= 0.3 is 0 Å². The quantitative estimate of drug-likeness (QED) is 0.908. The van der Waals surface area contributed by atoms with Gasteiger partial charge in [-0.05, 0) is 17.7 Å². The fourth-order valence-electron chi connectivity index (χ4n) is 1.51. The molecule has 0 fully saturated rings. The number of nitrogens with zero attached hydrogens (tertiary/aromatic N) is 1. The molecule has 2 N–H and O–H groups in total. The standard InChI is InChI=1S/C11H13BrN2O/c12-9-3-1-2-8(4-9)5-11-14-7-10(6-13)15-11/h1-4,10H,5-7,13H2. The molecule has 1 unspecified atom stereocenters. The van der Waals surface area contributed by atoms with Gasteiger partial charge < -0.3 is 10.5 Å². The van der Waals surface area contributed by atoms with Crippen molar-refractivity contribution in [3.8, 4) is 0 Å². The zero-order valence-electron chi connectivity index (χ0n) is 8.32. The number of hydrogen-bond acceptors (Lipinski definition) is 3. The highest BCUT2D eigenvalue weighted by atomic mass is 79.9. The number of ether oxygens (including phenoxy) is 1. The fourth-order valence-corrected chi connectivity index (χ4v) is 1.96. The molecule has 1 aromatic carbocycles. The summed E-state index contributed by atoms with van der Waals surface area (Å²) in [4.78, 5) is 4.31. The SMILES string of the molecule is NCC1CN=C(Cc2cccc(Br)c2)O1. The summed E-state index contributed by atoms with van der Waals surface area (Å²) in [6, 6.07) is 8.15. The van der Waals surface area contributed by atoms with E-state index in [-0.39, 0.29) is 6.10 Å². The summed E-state index contributed by atoms with van der Waals surface area (Å²) >= 11 is 3.44. The second-order valence-corrected chi connectivity index (χ2v) is 4.43. The second kappa shape index (κ2) is 4.77. The number of hydrogen-bond donors (Lipinski definition) is 1. The molecule has 0 saturated heterocycles. The second-order valence-electron chi connectivity index (χ2n) is 3.52. The van der Waals surface area contributed by atoms with Crippen LogP contribution in [0.3, 0.4) is 0 Å². The Labute approximate surface area is 97.5 Å². The number of nitrogens with two attached hydrogens (primary N) is 1. The van der Waals surface area contributed by atoms with E-state index in [0.717, 1.165) is 16.8 Å². The zero-order valence-corrected chi connectivity index (χ0v) is 9.90. The van der Waals surface area contributed by atoms with E-state index in [9.17, 15) is 0 Å². The van der Waals surface area contributed by atoms with Crippen molar-refractivity contribution in [1.29, 1.82) is 0 Å². The molecule has 80 valence electrons. The first kappa shape index (κ1) is 10.6. The van der Waals surface area contributed by atoms with Crippen LogP contribution in [0.2, 0.25) is 0 Å². The van der Waals surface area contributed by atoms with E-state index in [1.54, 1.807) is 0 Å². The van der Waals surface area contributed by atoms with E-state index < -0.39 is 0 Å². The van der Waals surface area contributed by atoms with Gasteiger partial charge in [-0.25, -0.2) is 0 Å². The Morgan fingerprint density at radius 2 is 2.40 bits per heavy atom. The molecule has 1 aliphatic rings. The smallest absolute Gasteiger partial charge is 0.188 e. The van der Waals surface area contributed by atoms with Crippen molar-refractivity contribution in [2.45, 2.75) is 12.5 Å². The molecule has 0 saturated carbocycles. The Morgan fingerprint density at radius 1 is 1.53 bits per heavy atom. The van der Waals surface area contributed by atoms with E-state index in [1.807, 2.05) is 12.1 Å². The number of halogens is 1. The predicted octanol–water partition coefficient (Wildman–Crippen LogP) is 1.75. The molecule has 15 heavy (non-hydrogen) atoms. The average Bonchev–Trinajstić information content (AvgIpc) is 2.65. The molecule has 1 aromatic rings. The minimum Gasteiger partial charge on any atom is -0.474 e. The van der Waals surface area contributed by atoms with Gasteiger partial charge in [-0.15, -0.1) is 0 Å². The van der Waals surface area contributed by atoms with Crippen LogP contribution in [0.4, 0.5) is 0 Å². The number of benzene rings is 1. The Morgan fingerprint density at radius 3 is 3.07 bits per heavy atom. The van der Waals surface area contributed by atoms with Crippen molar-refractivity contribution in [2.75, 3.05) is 13.1 Å². The van der Waals surface area contributed by atoms with Gasteiger partial charge in [0.05, 0.1) is 6.54 Å². The normalized spacial score (nSPS) is 19.9. The van der Waals surface area contributed by atoms with Crippen LogP contribution in [0.15, 0.2) is 33.7 Å². The molecule has 0 aliphatic carbocycles. The van der Waals surface area contributed by atoms with Gasteiger partial charge in [0.25, 0.3) is 0 Å². The van der Waals surface area contributed by atoms with Crippen molar-refractivity contribution >= 4 is 21.8 Å². The molecule has 4 heteroatoms. The number of rotatable bonds is 3. The van der Waals surface area contributed by atoms with Crippen molar-refractivity contribution in [2.24, 2.45) is 10.7 Å². The summed E-state index contributed by atoms with van der Waals surface area (Å²) in [5.41, 5.74) is 6.70. The lowest BCUT2D eigenvalue weighted by molar-refractivity contribution is 0.228. The van der Waals surface area contributed by atoms with Gasteiger partial charge in [0.1, 0.15) is 6.10 Å². The van der Waals surface area contributed by atoms with Crippen LogP contribution in [0, 0.1) is 0 Å². The molecule has 1 atom stereocenters. The topological polar surface area (TPSA) is 47.6 Å². The molecular weight excluding hydrogens is 256 g/mol. The van der Waals surface area contributed by atoms with Crippen molar-refractivity contribution in [3.05, 3.63) is 34.3 Å². The molecule has 0 amide bonds. The molecular formula is C11H13BrN2O. The first-order chi connectivity index (χ1) is 7.28. The molecule has 0 aromatic heterocycles. The van der Waals surface area contributed by atoms with Crippen molar-refractivity contribution in [3.63, 3.8) is 0 Å². The highest BCUT2D eigenvalue weighted by molar-refractivity contribution is 9.10. The van der Waals surface area contributed by atoms with E-state index in [2.05, 4.69) is 33.1 Å². The Hall–Kier alpha value is -0.870. The molecule has 0 bridgehead atoms. The molecule has 2 rings (SSSR count). The first-order valence-electron chi connectivity index (χ1n) is 4.92. The van der Waals surface area contributed by atoms with Crippen LogP contribution < -0.4 is 5.73 Å². The van der Waals surface area contributed by atoms with Crippen LogP contribution in [-0.2, 0) is 11.2 Å². The molecule has 0 radical (unpaired) electrons. The first-order valence-corrected chi connectivity index (χ1v) is 5.71. The maximum absolute atomic E-state index is 5.56. The number of aliphatic imine (C=N–C) groups is 1. The molecule has 1 aliphatic heterocycles. The predicted molar refractivity (Wildman–Crippen MR) is 64.1 cm³/mol. The summed E-state index contributed by atoms with van der Waals surface area (Å²) in [7, 11) is 0. The third-order valence-electron chi connectivity index (χ3n) is 2.28. The van der Waals surface area contributed by atoms with Gasteiger partial charge in [-0.1, -0.05) is 28.1 Å². The van der Waals surface area contributed by atoms with Crippen molar-refractivity contribution in [1.82, 2.24) is 0 Å².